The lowest BCUT2D eigenvalue weighted by molar-refractivity contribution is -0.150. The van der Waals surface area contributed by atoms with E-state index in [-0.39, 0.29) is 18.0 Å². The van der Waals surface area contributed by atoms with Gasteiger partial charge >= 0.3 is 5.97 Å². The van der Waals surface area contributed by atoms with Crippen molar-refractivity contribution in [2.24, 2.45) is 5.10 Å². The molecule has 0 radical (unpaired) electrons. The van der Waals surface area contributed by atoms with E-state index in [0.717, 1.165) is 5.39 Å². The Morgan fingerprint density at radius 1 is 1.08 bits per heavy atom. The van der Waals surface area contributed by atoms with Crippen molar-refractivity contribution in [1.29, 1.82) is 0 Å². The summed E-state index contributed by atoms with van der Waals surface area (Å²) in [7, 11) is 0. The standard InChI is InChI=1S/C28H23N3O5/c1-3-34-28(33)18(2)35-21-11-8-9-19(15-21)17-29-31-26(25-16-20-10-4-7-14-24(20)36-25)30-23-13-6-5-12-22(23)27(31)32/h4-18H,3H2,1-2H3/t18-/m0/s1. The molecule has 0 saturated carbocycles. The van der Waals surface area contributed by atoms with Crippen molar-refractivity contribution in [2.75, 3.05) is 6.61 Å². The first-order chi connectivity index (χ1) is 17.5. The minimum atomic E-state index is -0.760. The molecule has 0 bridgehead atoms. The van der Waals surface area contributed by atoms with Crippen molar-refractivity contribution in [1.82, 2.24) is 9.66 Å². The summed E-state index contributed by atoms with van der Waals surface area (Å²) in [5, 5.41) is 5.80. The number of hydrogen-bond donors (Lipinski definition) is 0. The molecule has 0 aliphatic carbocycles. The Labute approximate surface area is 206 Å². The second kappa shape index (κ2) is 9.87. The summed E-state index contributed by atoms with van der Waals surface area (Å²) >= 11 is 0. The van der Waals surface area contributed by atoms with Crippen LogP contribution < -0.4 is 10.3 Å². The van der Waals surface area contributed by atoms with Crippen LogP contribution in [0.25, 0.3) is 33.5 Å². The van der Waals surface area contributed by atoms with Gasteiger partial charge in [-0.3, -0.25) is 4.79 Å². The number of carbonyl (C=O) groups is 1. The van der Waals surface area contributed by atoms with E-state index < -0.39 is 12.1 Å². The monoisotopic (exact) mass is 481 g/mol. The predicted octanol–water partition coefficient (Wildman–Crippen LogP) is 5.02. The van der Waals surface area contributed by atoms with Crippen LogP contribution in [0.15, 0.2) is 93.2 Å². The van der Waals surface area contributed by atoms with Crippen LogP contribution in [-0.2, 0) is 9.53 Å². The number of benzene rings is 3. The smallest absolute Gasteiger partial charge is 0.347 e. The molecule has 1 atom stereocenters. The van der Waals surface area contributed by atoms with E-state index in [1.807, 2.05) is 42.5 Å². The van der Waals surface area contributed by atoms with Crippen molar-refractivity contribution < 1.29 is 18.7 Å². The zero-order valence-electron chi connectivity index (χ0n) is 19.8. The molecular formula is C28H23N3O5. The normalized spacial score (nSPS) is 12.3. The number of carbonyl (C=O) groups excluding carboxylic acids is 1. The minimum absolute atomic E-state index is 0.279. The summed E-state index contributed by atoms with van der Waals surface area (Å²) in [4.78, 5) is 30.0. The topological polar surface area (TPSA) is 95.9 Å². The van der Waals surface area contributed by atoms with E-state index in [1.165, 1.54) is 10.9 Å². The first-order valence-corrected chi connectivity index (χ1v) is 11.5. The SMILES string of the molecule is CCOC(=O)[C@H](C)Oc1cccc(C=Nn2c(-c3cc4ccccc4o3)nc3ccccc3c2=O)c1. The molecule has 2 aromatic heterocycles. The highest BCUT2D eigenvalue weighted by Crippen LogP contribution is 2.27. The highest BCUT2D eigenvalue weighted by Gasteiger charge is 2.17. The molecule has 0 unspecified atom stereocenters. The zero-order valence-corrected chi connectivity index (χ0v) is 19.8. The van der Waals surface area contributed by atoms with Gasteiger partial charge in [-0.15, -0.1) is 0 Å². The number of rotatable bonds is 7. The Kier molecular flexibility index (Phi) is 6.32. The van der Waals surface area contributed by atoms with Crippen LogP contribution in [0, 0.1) is 0 Å². The molecule has 0 aliphatic heterocycles. The molecule has 36 heavy (non-hydrogen) atoms. The number of aromatic nitrogens is 2. The second-order valence-corrected chi connectivity index (χ2v) is 8.05. The van der Waals surface area contributed by atoms with E-state index in [1.54, 1.807) is 50.2 Å². The average molecular weight is 482 g/mol. The highest BCUT2D eigenvalue weighted by molar-refractivity contribution is 5.85. The van der Waals surface area contributed by atoms with Crippen molar-refractivity contribution >= 4 is 34.1 Å². The quantitative estimate of drug-likeness (QED) is 0.239. The third kappa shape index (κ3) is 4.61. The molecule has 0 amide bonds. The lowest BCUT2D eigenvalue weighted by Crippen LogP contribution is -2.26. The Bertz CT molecular complexity index is 1620. The predicted molar refractivity (Wildman–Crippen MR) is 137 cm³/mol. The molecule has 8 heteroatoms. The molecule has 0 saturated heterocycles. The lowest BCUT2D eigenvalue weighted by Gasteiger charge is -2.13. The Hall–Kier alpha value is -4.72. The van der Waals surface area contributed by atoms with Gasteiger partial charge in [-0.05, 0) is 55.8 Å². The molecule has 5 rings (SSSR count). The molecule has 0 fully saturated rings. The largest absolute Gasteiger partial charge is 0.479 e. The van der Waals surface area contributed by atoms with Gasteiger partial charge in [0.2, 0.25) is 5.82 Å². The first kappa shape index (κ1) is 23.0. The number of hydrogen-bond acceptors (Lipinski definition) is 7. The van der Waals surface area contributed by atoms with Gasteiger partial charge in [0.1, 0.15) is 11.3 Å². The lowest BCUT2D eigenvalue weighted by atomic mass is 10.2. The van der Waals surface area contributed by atoms with E-state index in [9.17, 15) is 9.59 Å². The van der Waals surface area contributed by atoms with Crippen LogP contribution in [0.3, 0.4) is 0 Å². The molecular weight excluding hydrogens is 458 g/mol. The van der Waals surface area contributed by atoms with Crippen LogP contribution in [0.4, 0.5) is 0 Å². The molecule has 0 spiro atoms. The maximum Gasteiger partial charge on any atom is 0.347 e. The van der Waals surface area contributed by atoms with Crippen molar-refractivity contribution in [3.05, 3.63) is 94.8 Å². The van der Waals surface area contributed by atoms with Crippen LogP contribution in [0.2, 0.25) is 0 Å². The van der Waals surface area contributed by atoms with E-state index in [2.05, 4.69) is 10.1 Å². The Balaban J connectivity index is 1.54. The highest BCUT2D eigenvalue weighted by atomic mass is 16.6. The minimum Gasteiger partial charge on any atom is -0.479 e. The number of esters is 1. The van der Waals surface area contributed by atoms with Crippen LogP contribution in [0.5, 0.6) is 5.75 Å². The number of para-hydroxylation sites is 2. The van der Waals surface area contributed by atoms with Gasteiger partial charge in [0.05, 0.1) is 23.7 Å². The first-order valence-electron chi connectivity index (χ1n) is 11.5. The van der Waals surface area contributed by atoms with Crippen LogP contribution >= 0.6 is 0 Å². The zero-order chi connectivity index (χ0) is 25.1. The average Bonchev–Trinajstić information content (AvgIpc) is 3.33. The van der Waals surface area contributed by atoms with Gasteiger partial charge in [-0.1, -0.05) is 42.5 Å². The van der Waals surface area contributed by atoms with Crippen LogP contribution in [-0.4, -0.2) is 34.6 Å². The number of ether oxygens (including phenoxy) is 2. The number of nitrogens with zero attached hydrogens (tertiary/aromatic N) is 3. The molecule has 3 aromatic carbocycles. The molecule has 0 N–H and O–H groups in total. The van der Waals surface area contributed by atoms with Crippen molar-refractivity contribution in [3.8, 4) is 17.3 Å². The molecule has 8 nitrogen and oxygen atoms in total. The maximum atomic E-state index is 13.4. The molecule has 180 valence electrons. The van der Waals surface area contributed by atoms with Gasteiger partial charge in [0, 0.05) is 5.39 Å². The summed E-state index contributed by atoms with van der Waals surface area (Å²) < 4.78 is 17.9. The fraction of sp³-hybridized carbons (Fsp3) is 0.143. The summed E-state index contributed by atoms with van der Waals surface area (Å²) in [6, 6.07) is 23.6. The summed E-state index contributed by atoms with van der Waals surface area (Å²) in [6.45, 7) is 3.64. The molecule has 0 aliphatic rings. The van der Waals surface area contributed by atoms with Gasteiger partial charge in [-0.25, -0.2) is 9.78 Å². The fourth-order valence-corrected chi connectivity index (χ4v) is 3.79. The summed E-state index contributed by atoms with van der Waals surface area (Å²) in [6.07, 6.45) is 0.774. The second-order valence-electron chi connectivity index (χ2n) is 8.05. The van der Waals surface area contributed by atoms with E-state index in [0.29, 0.717) is 33.6 Å². The van der Waals surface area contributed by atoms with Gasteiger partial charge in [0.15, 0.2) is 11.9 Å². The van der Waals surface area contributed by atoms with Crippen molar-refractivity contribution in [3.63, 3.8) is 0 Å². The molecule has 2 heterocycles. The Morgan fingerprint density at radius 3 is 2.72 bits per heavy atom. The van der Waals surface area contributed by atoms with Gasteiger partial charge < -0.3 is 13.9 Å². The maximum absolute atomic E-state index is 13.4. The number of fused-ring (bicyclic) bond motifs is 2. The third-order valence-electron chi connectivity index (χ3n) is 5.51. The van der Waals surface area contributed by atoms with Crippen LogP contribution in [0.1, 0.15) is 19.4 Å². The Morgan fingerprint density at radius 2 is 1.89 bits per heavy atom. The van der Waals surface area contributed by atoms with E-state index >= 15 is 0 Å². The van der Waals surface area contributed by atoms with Gasteiger partial charge in [-0.2, -0.15) is 9.78 Å². The fourth-order valence-electron chi connectivity index (χ4n) is 3.79. The summed E-state index contributed by atoms with van der Waals surface area (Å²) in [5.74, 6) is 0.743. The third-order valence-corrected chi connectivity index (χ3v) is 5.51. The van der Waals surface area contributed by atoms with Gasteiger partial charge in [0.25, 0.3) is 5.56 Å². The molecule has 5 aromatic rings. The number of furan rings is 1. The van der Waals surface area contributed by atoms with E-state index in [4.69, 9.17) is 13.9 Å². The van der Waals surface area contributed by atoms with Crippen molar-refractivity contribution in [2.45, 2.75) is 20.0 Å². The summed E-state index contributed by atoms with van der Waals surface area (Å²) in [5.41, 5.74) is 1.58.